The number of nitrogens with zero attached hydrogens (tertiary/aromatic N) is 1. The zero-order valence-electron chi connectivity index (χ0n) is 11.0. The Bertz CT molecular complexity index is 145. The maximum Gasteiger partial charge on any atom is 0.0139 e. The molecule has 1 N–H and O–H groups in total. The third kappa shape index (κ3) is 5.61. The summed E-state index contributed by atoms with van der Waals surface area (Å²) in [5, 5.41) is 3.65. The first-order chi connectivity index (χ1) is 6.25. The van der Waals surface area contributed by atoms with Crippen molar-refractivity contribution in [3.05, 3.63) is 0 Å². The Morgan fingerprint density at radius 3 is 1.93 bits per heavy atom. The highest BCUT2D eigenvalue weighted by atomic mass is 15.1. The lowest BCUT2D eigenvalue weighted by Crippen LogP contribution is -2.46. The first-order valence-corrected chi connectivity index (χ1v) is 5.63. The Morgan fingerprint density at radius 2 is 1.64 bits per heavy atom. The molecule has 0 aromatic carbocycles. The Morgan fingerprint density at radius 1 is 1.14 bits per heavy atom. The van der Waals surface area contributed by atoms with Crippen LogP contribution in [0.2, 0.25) is 0 Å². The Kier molecular flexibility index (Phi) is 5.68. The lowest BCUT2D eigenvalue weighted by atomic mass is 9.80. The number of nitrogens with one attached hydrogen (secondary N) is 1. The van der Waals surface area contributed by atoms with Gasteiger partial charge in [-0.1, -0.05) is 34.6 Å². The van der Waals surface area contributed by atoms with Gasteiger partial charge in [0, 0.05) is 19.1 Å². The summed E-state index contributed by atoms with van der Waals surface area (Å²) in [5.74, 6) is 0.692. The average Bonchev–Trinajstić information content (AvgIpc) is 1.94. The summed E-state index contributed by atoms with van der Waals surface area (Å²) in [4.78, 5) is 2.22. The van der Waals surface area contributed by atoms with Gasteiger partial charge in [-0.2, -0.15) is 0 Å². The van der Waals surface area contributed by atoms with E-state index in [0.29, 0.717) is 17.4 Å². The monoisotopic (exact) mass is 200 g/mol. The van der Waals surface area contributed by atoms with Gasteiger partial charge in [0.15, 0.2) is 0 Å². The molecule has 14 heavy (non-hydrogen) atoms. The van der Waals surface area contributed by atoms with Gasteiger partial charge in [0.1, 0.15) is 0 Å². The third-order valence-corrected chi connectivity index (χ3v) is 2.52. The minimum atomic E-state index is 0.348. The molecule has 1 atom stereocenters. The van der Waals surface area contributed by atoms with Crippen molar-refractivity contribution in [2.75, 3.05) is 27.2 Å². The number of hydrogen-bond acceptors (Lipinski definition) is 2. The van der Waals surface area contributed by atoms with Crippen LogP contribution < -0.4 is 5.32 Å². The summed E-state index contributed by atoms with van der Waals surface area (Å²) in [5.41, 5.74) is 0.348. The number of rotatable bonds is 5. The van der Waals surface area contributed by atoms with Crippen LogP contribution in [0.4, 0.5) is 0 Å². The molecule has 0 bridgehead atoms. The molecule has 0 saturated carbocycles. The van der Waals surface area contributed by atoms with Crippen molar-refractivity contribution < 1.29 is 0 Å². The summed E-state index contributed by atoms with van der Waals surface area (Å²) in [6.07, 6.45) is 0. The summed E-state index contributed by atoms with van der Waals surface area (Å²) < 4.78 is 0. The van der Waals surface area contributed by atoms with Crippen LogP contribution in [-0.2, 0) is 0 Å². The quantitative estimate of drug-likeness (QED) is 0.732. The van der Waals surface area contributed by atoms with Gasteiger partial charge >= 0.3 is 0 Å². The molecule has 0 aliphatic carbocycles. The van der Waals surface area contributed by atoms with E-state index in [-0.39, 0.29) is 0 Å². The smallest absolute Gasteiger partial charge is 0.0139 e. The fourth-order valence-corrected chi connectivity index (χ4v) is 1.99. The summed E-state index contributed by atoms with van der Waals surface area (Å²) in [7, 11) is 4.23. The van der Waals surface area contributed by atoms with Crippen LogP contribution in [0.1, 0.15) is 34.6 Å². The Labute approximate surface area is 90.1 Å². The van der Waals surface area contributed by atoms with E-state index in [2.05, 4.69) is 58.9 Å². The van der Waals surface area contributed by atoms with Crippen LogP contribution in [-0.4, -0.2) is 38.1 Å². The van der Waals surface area contributed by atoms with E-state index in [4.69, 9.17) is 0 Å². The first-order valence-electron chi connectivity index (χ1n) is 5.63. The summed E-state index contributed by atoms with van der Waals surface area (Å²) in [6.45, 7) is 13.7. The third-order valence-electron chi connectivity index (χ3n) is 2.52. The van der Waals surface area contributed by atoms with Crippen molar-refractivity contribution >= 4 is 0 Å². The van der Waals surface area contributed by atoms with Gasteiger partial charge in [0.05, 0.1) is 0 Å². The maximum atomic E-state index is 3.65. The molecule has 0 rings (SSSR count). The van der Waals surface area contributed by atoms with E-state index in [0.717, 1.165) is 13.1 Å². The molecule has 2 heteroatoms. The molecular formula is C12H28N2. The maximum absolute atomic E-state index is 3.65. The molecule has 0 aliphatic rings. The normalized spacial score (nSPS) is 15.2. The van der Waals surface area contributed by atoms with E-state index in [1.165, 1.54) is 0 Å². The van der Waals surface area contributed by atoms with Crippen molar-refractivity contribution in [3.63, 3.8) is 0 Å². The van der Waals surface area contributed by atoms with Gasteiger partial charge in [-0.3, -0.25) is 0 Å². The second-order valence-corrected chi connectivity index (χ2v) is 5.85. The number of hydrogen-bond donors (Lipinski definition) is 1. The Balaban J connectivity index is 4.00. The minimum absolute atomic E-state index is 0.348. The molecular weight excluding hydrogens is 172 g/mol. The predicted molar refractivity (Wildman–Crippen MR) is 64.6 cm³/mol. The molecule has 0 radical (unpaired) electrons. The number of likely N-dealkylation sites (N-methyl/N-ethyl adjacent to an activating group) is 1. The van der Waals surface area contributed by atoms with Crippen LogP contribution >= 0.6 is 0 Å². The fraction of sp³-hybridized carbons (Fsp3) is 1.00. The topological polar surface area (TPSA) is 15.3 Å². The lowest BCUT2D eigenvalue weighted by molar-refractivity contribution is 0.206. The van der Waals surface area contributed by atoms with Crippen molar-refractivity contribution in [1.29, 1.82) is 0 Å². The molecule has 2 nitrogen and oxygen atoms in total. The van der Waals surface area contributed by atoms with E-state index in [1.807, 2.05) is 0 Å². The standard InChI is InChI=1S/C12H28N2/c1-10(2)11(12(3,4)5)13-8-9-14(6)7/h10-11,13H,8-9H2,1-7H3/t11-/m1/s1. The highest BCUT2D eigenvalue weighted by molar-refractivity contribution is 4.83. The second-order valence-electron chi connectivity index (χ2n) is 5.85. The van der Waals surface area contributed by atoms with Gasteiger partial charge in [-0.25, -0.2) is 0 Å². The van der Waals surface area contributed by atoms with Crippen LogP contribution in [0, 0.1) is 11.3 Å². The van der Waals surface area contributed by atoms with Crippen molar-refractivity contribution in [3.8, 4) is 0 Å². The van der Waals surface area contributed by atoms with Crippen LogP contribution in [0.5, 0.6) is 0 Å². The fourth-order valence-electron chi connectivity index (χ4n) is 1.99. The molecule has 0 aromatic heterocycles. The van der Waals surface area contributed by atoms with Gasteiger partial charge < -0.3 is 10.2 Å². The van der Waals surface area contributed by atoms with Gasteiger partial charge in [0.2, 0.25) is 0 Å². The largest absolute Gasteiger partial charge is 0.312 e. The molecule has 0 heterocycles. The average molecular weight is 200 g/mol. The summed E-state index contributed by atoms with van der Waals surface area (Å²) >= 11 is 0. The van der Waals surface area contributed by atoms with E-state index in [9.17, 15) is 0 Å². The van der Waals surface area contributed by atoms with E-state index in [1.54, 1.807) is 0 Å². The van der Waals surface area contributed by atoms with Gasteiger partial charge in [-0.15, -0.1) is 0 Å². The van der Waals surface area contributed by atoms with Crippen molar-refractivity contribution in [2.24, 2.45) is 11.3 Å². The highest BCUT2D eigenvalue weighted by Gasteiger charge is 2.26. The summed E-state index contributed by atoms with van der Waals surface area (Å²) in [6, 6.07) is 0.599. The molecule has 0 aliphatic heterocycles. The molecule has 0 spiro atoms. The van der Waals surface area contributed by atoms with Gasteiger partial charge in [0.25, 0.3) is 0 Å². The lowest BCUT2D eigenvalue weighted by Gasteiger charge is -2.35. The van der Waals surface area contributed by atoms with Gasteiger partial charge in [-0.05, 0) is 25.4 Å². The van der Waals surface area contributed by atoms with Crippen molar-refractivity contribution in [2.45, 2.75) is 40.7 Å². The van der Waals surface area contributed by atoms with Crippen molar-refractivity contribution in [1.82, 2.24) is 10.2 Å². The zero-order chi connectivity index (χ0) is 11.4. The molecule has 0 unspecified atom stereocenters. The Hall–Kier alpha value is -0.0800. The molecule has 86 valence electrons. The highest BCUT2D eigenvalue weighted by Crippen LogP contribution is 2.24. The first kappa shape index (κ1) is 13.9. The zero-order valence-corrected chi connectivity index (χ0v) is 11.0. The minimum Gasteiger partial charge on any atom is -0.312 e. The molecule has 0 amide bonds. The van der Waals surface area contributed by atoms with Crippen LogP contribution in [0.25, 0.3) is 0 Å². The van der Waals surface area contributed by atoms with Crippen LogP contribution in [0.3, 0.4) is 0 Å². The molecule has 0 aromatic rings. The predicted octanol–water partition coefficient (Wildman–Crippen LogP) is 2.21. The molecule has 0 saturated heterocycles. The van der Waals surface area contributed by atoms with Crippen LogP contribution in [0.15, 0.2) is 0 Å². The molecule has 0 fully saturated rings. The van der Waals surface area contributed by atoms with E-state index >= 15 is 0 Å². The second kappa shape index (κ2) is 5.72. The SMILES string of the molecule is CC(C)[C@@H](NCCN(C)C)C(C)(C)C. The van der Waals surface area contributed by atoms with E-state index < -0.39 is 0 Å².